The van der Waals surface area contributed by atoms with E-state index in [1.54, 1.807) is 0 Å². The fourth-order valence-electron chi connectivity index (χ4n) is 2.80. The molecule has 1 aromatic rings. The van der Waals surface area contributed by atoms with Gasteiger partial charge in [-0.05, 0) is 12.8 Å². The second-order valence-electron chi connectivity index (χ2n) is 6.39. The van der Waals surface area contributed by atoms with E-state index in [9.17, 15) is 24.0 Å². The summed E-state index contributed by atoms with van der Waals surface area (Å²) in [5.41, 5.74) is -1.09. The lowest BCUT2D eigenvalue weighted by atomic mass is 9.98. The van der Waals surface area contributed by atoms with Gasteiger partial charge in [0.05, 0.1) is 12.5 Å². The Morgan fingerprint density at radius 3 is 2.65 bits per heavy atom. The lowest BCUT2D eigenvalue weighted by Gasteiger charge is -2.32. The minimum atomic E-state index is -0.930. The zero-order valence-electron chi connectivity index (χ0n) is 14.8. The molecule has 2 heterocycles. The van der Waals surface area contributed by atoms with Crippen LogP contribution in [0.4, 0.5) is 0 Å². The molecule has 0 aliphatic carbocycles. The smallest absolute Gasteiger partial charge is 0.331 e. The highest BCUT2D eigenvalue weighted by Gasteiger charge is 2.29. The van der Waals surface area contributed by atoms with Gasteiger partial charge in [-0.25, -0.2) is 4.79 Å². The van der Waals surface area contributed by atoms with Gasteiger partial charge in [-0.15, -0.1) is 0 Å². The zero-order chi connectivity index (χ0) is 19.4. The number of carbonyl (C=O) groups excluding carboxylic acids is 2. The largest absolute Gasteiger partial charge is 0.481 e. The molecule has 0 radical (unpaired) electrons. The average Bonchev–Trinajstić information content (AvgIpc) is 2.62. The number of hydrogen-bond donors (Lipinski definition) is 1. The first-order valence-electron chi connectivity index (χ1n) is 8.21. The van der Waals surface area contributed by atoms with Gasteiger partial charge in [0, 0.05) is 39.4 Å². The zero-order valence-corrected chi connectivity index (χ0v) is 14.8. The van der Waals surface area contributed by atoms with Crippen LogP contribution < -0.4 is 11.2 Å². The minimum absolute atomic E-state index is 0.135. The van der Waals surface area contributed by atoms with Crippen LogP contribution in [0.1, 0.15) is 12.8 Å². The highest BCUT2D eigenvalue weighted by Crippen LogP contribution is 2.16. The molecule has 1 aliphatic rings. The first kappa shape index (κ1) is 19.4. The van der Waals surface area contributed by atoms with Crippen molar-refractivity contribution in [3.05, 3.63) is 33.1 Å². The number of carboxylic acids is 1. The van der Waals surface area contributed by atoms with Crippen molar-refractivity contribution in [2.45, 2.75) is 19.4 Å². The maximum absolute atomic E-state index is 12.3. The number of aliphatic carboxylic acids is 1. The monoisotopic (exact) mass is 366 g/mol. The second-order valence-corrected chi connectivity index (χ2v) is 6.39. The number of likely N-dealkylation sites (tertiary alicyclic amines) is 1. The molecule has 0 bridgehead atoms. The number of hydrogen-bond acceptors (Lipinski definition) is 5. The molecule has 26 heavy (non-hydrogen) atoms. The van der Waals surface area contributed by atoms with E-state index in [0.717, 1.165) is 9.13 Å². The van der Waals surface area contributed by atoms with Gasteiger partial charge in [0.2, 0.25) is 11.8 Å². The Bertz CT molecular complexity index is 827. The normalized spacial score (nSPS) is 17.0. The molecule has 0 saturated carbocycles. The molecule has 10 nitrogen and oxygen atoms in total. The number of carbonyl (C=O) groups is 3. The molecule has 0 spiro atoms. The number of rotatable bonds is 5. The summed E-state index contributed by atoms with van der Waals surface area (Å²) in [4.78, 5) is 61.6. The first-order valence-corrected chi connectivity index (χ1v) is 8.21. The van der Waals surface area contributed by atoms with E-state index >= 15 is 0 Å². The van der Waals surface area contributed by atoms with Crippen molar-refractivity contribution in [2.75, 3.05) is 26.7 Å². The molecule has 2 rings (SSSR count). The number of nitrogens with zero attached hydrogens (tertiary/aromatic N) is 4. The molecular formula is C16H22N4O6. The highest BCUT2D eigenvalue weighted by molar-refractivity contribution is 5.85. The predicted octanol–water partition coefficient (Wildman–Crippen LogP) is -1.67. The lowest BCUT2D eigenvalue weighted by Crippen LogP contribution is -2.48. The topological polar surface area (TPSA) is 122 Å². The van der Waals surface area contributed by atoms with Gasteiger partial charge >= 0.3 is 11.7 Å². The van der Waals surface area contributed by atoms with Crippen molar-refractivity contribution < 1.29 is 19.5 Å². The standard InChI is InChI=1S/C16H22N4O6/c1-17(9-14(23)19-6-3-4-11(8-19)15(24)25)13(22)10-20-7-5-12(21)18(2)16(20)26/h5,7,11H,3-4,6,8-10H2,1-2H3,(H,24,25). The Morgan fingerprint density at radius 2 is 2.00 bits per heavy atom. The molecule has 1 saturated heterocycles. The van der Waals surface area contributed by atoms with Gasteiger partial charge in [-0.1, -0.05) is 0 Å². The van der Waals surface area contributed by atoms with E-state index in [1.807, 2.05) is 0 Å². The van der Waals surface area contributed by atoms with Crippen molar-refractivity contribution in [1.29, 1.82) is 0 Å². The van der Waals surface area contributed by atoms with E-state index in [-0.39, 0.29) is 25.5 Å². The van der Waals surface area contributed by atoms with Gasteiger partial charge in [-0.2, -0.15) is 0 Å². The molecule has 1 atom stereocenters. The van der Waals surface area contributed by atoms with Crippen LogP contribution in [0.25, 0.3) is 0 Å². The summed E-state index contributed by atoms with van der Waals surface area (Å²) < 4.78 is 1.98. The molecule has 0 aromatic carbocycles. The molecule has 1 unspecified atom stereocenters. The van der Waals surface area contributed by atoms with E-state index in [4.69, 9.17) is 5.11 Å². The number of likely N-dealkylation sites (N-methyl/N-ethyl adjacent to an activating group) is 1. The number of carboxylic acid groups (broad SMARTS) is 1. The summed E-state index contributed by atoms with van der Waals surface area (Å²) in [6.45, 7) is 0.0987. The van der Waals surface area contributed by atoms with Crippen molar-refractivity contribution in [1.82, 2.24) is 18.9 Å². The van der Waals surface area contributed by atoms with E-state index in [0.29, 0.717) is 19.4 Å². The highest BCUT2D eigenvalue weighted by atomic mass is 16.4. The Balaban J connectivity index is 1.97. The third-order valence-corrected chi connectivity index (χ3v) is 4.49. The van der Waals surface area contributed by atoms with Crippen molar-refractivity contribution >= 4 is 17.8 Å². The Labute approximate surface area is 149 Å². The summed E-state index contributed by atoms with van der Waals surface area (Å²) in [7, 11) is 2.75. The molecule has 142 valence electrons. The summed E-state index contributed by atoms with van der Waals surface area (Å²) >= 11 is 0. The summed E-state index contributed by atoms with van der Waals surface area (Å²) in [5, 5.41) is 9.08. The molecular weight excluding hydrogens is 344 g/mol. The minimum Gasteiger partial charge on any atom is -0.481 e. The van der Waals surface area contributed by atoms with Gasteiger partial charge in [0.1, 0.15) is 6.54 Å². The van der Waals surface area contributed by atoms with Crippen LogP contribution in [0.3, 0.4) is 0 Å². The van der Waals surface area contributed by atoms with Crippen LogP contribution in [0.5, 0.6) is 0 Å². The van der Waals surface area contributed by atoms with Crippen LogP contribution in [0, 0.1) is 5.92 Å². The van der Waals surface area contributed by atoms with Gasteiger partial charge in [0.15, 0.2) is 0 Å². The van der Waals surface area contributed by atoms with Gasteiger partial charge in [-0.3, -0.25) is 28.3 Å². The summed E-state index contributed by atoms with van der Waals surface area (Å²) in [6, 6.07) is 1.18. The van der Waals surface area contributed by atoms with Crippen LogP contribution in [0.2, 0.25) is 0 Å². The van der Waals surface area contributed by atoms with Crippen molar-refractivity contribution in [2.24, 2.45) is 13.0 Å². The number of piperidine rings is 1. The maximum Gasteiger partial charge on any atom is 0.331 e. The fourth-order valence-corrected chi connectivity index (χ4v) is 2.80. The van der Waals surface area contributed by atoms with Gasteiger partial charge < -0.3 is 14.9 Å². The SMILES string of the molecule is CN(CC(=O)N1CCCC(C(=O)O)C1)C(=O)Cn1ccc(=O)n(C)c1=O. The summed E-state index contributed by atoms with van der Waals surface area (Å²) in [5.74, 6) is -2.32. The van der Waals surface area contributed by atoms with Gasteiger partial charge in [0.25, 0.3) is 5.56 Å². The van der Waals surface area contributed by atoms with Crippen LogP contribution in [0.15, 0.2) is 21.9 Å². The predicted molar refractivity (Wildman–Crippen MR) is 90.5 cm³/mol. The fraction of sp³-hybridized carbons (Fsp3) is 0.562. The van der Waals surface area contributed by atoms with Crippen LogP contribution in [-0.2, 0) is 28.0 Å². The molecule has 1 N–H and O–H groups in total. The quantitative estimate of drug-likeness (QED) is 0.665. The van der Waals surface area contributed by atoms with E-state index in [2.05, 4.69) is 0 Å². The lowest BCUT2D eigenvalue weighted by molar-refractivity contribution is -0.147. The molecule has 1 aromatic heterocycles. The first-order chi connectivity index (χ1) is 12.2. The van der Waals surface area contributed by atoms with Crippen molar-refractivity contribution in [3.8, 4) is 0 Å². The second kappa shape index (κ2) is 7.98. The number of aromatic nitrogens is 2. The average molecular weight is 366 g/mol. The van der Waals surface area contributed by atoms with E-state index in [1.165, 1.54) is 36.2 Å². The van der Waals surface area contributed by atoms with Crippen LogP contribution in [-0.4, -0.2) is 68.5 Å². The van der Waals surface area contributed by atoms with Crippen LogP contribution >= 0.6 is 0 Å². The Morgan fingerprint density at radius 1 is 1.31 bits per heavy atom. The molecule has 10 heteroatoms. The molecule has 1 fully saturated rings. The Kier molecular flexibility index (Phi) is 5.96. The third-order valence-electron chi connectivity index (χ3n) is 4.49. The van der Waals surface area contributed by atoms with Crippen molar-refractivity contribution in [3.63, 3.8) is 0 Å². The number of amides is 2. The molecule has 1 aliphatic heterocycles. The maximum atomic E-state index is 12.3. The third kappa shape index (κ3) is 4.38. The Hall–Kier alpha value is -2.91. The molecule has 2 amide bonds. The summed E-state index contributed by atoms with van der Waals surface area (Å²) in [6.07, 6.45) is 2.37. The van der Waals surface area contributed by atoms with E-state index < -0.39 is 29.0 Å².